The van der Waals surface area contributed by atoms with Crippen LogP contribution in [-0.2, 0) is 16.6 Å². The molecule has 0 bridgehead atoms. The van der Waals surface area contributed by atoms with E-state index < -0.39 is 10.0 Å². The molecule has 0 saturated carbocycles. The van der Waals surface area contributed by atoms with E-state index in [9.17, 15) is 8.42 Å². The fraction of sp³-hybridized carbons (Fsp3) is 0.667. The monoisotopic (exact) mass is 231 g/mol. The number of nitrogens with one attached hydrogen (secondary N) is 1. The quantitative estimate of drug-likeness (QED) is 0.837. The molecule has 0 saturated heterocycles. The highest BCUT2D eigenvalue weighted by atomic mass is 32.2. The van der Waals surface area contributed by atoms with Gasteiger partial charge >= 0.3 is 0 Å². The van der Waals surface area contributed by atoms with Crippen LogP contribution in [0.1, 0.15) is 26.5 Å². The molecule has 0 aliphatic heterocycles. The van der Waals surface area contributed by atoms with Crippen molar-refractivity contribution in [3.05, 3.63) is 11.9 Å². The van der Waals surface area contributed by atoms with Gasteiger partial charge in [0.1, 0.15) is 4.90 Å². The summed E-state index contributed by atoms with van der Waals surface area (Å²) in [7, 11) is -3.41. The fourth-order valence-corrected chi connectivity index (χ4v) is 2.81. The van der Waals surface area contributed by atoms with Gasteiger partial charge in [-0.25, -0.2) is 13.1 Å². The lowest BCUT2D eigenvalue weighted by Crippen LogP contribution is -2.30. The second-order valence-electron chi connectivity index (χ2n) is 3.69. The van der Waals surface area contributed by atoms with Crippen molar-refractivity contribution in [3.63, 3.8) is 0 Å². The highest BCUT2D eigenvalue weighted by molar-refractivity contribution is 7.89. The van der Waals surface area contributed by atoms with E-state index in [1.165, 1.54) is 6.20 Å². The molecule has 0 unspecified atom stereocenters. The Kier molecular flexibility index (Phi) is 3.51. The molecule has 0 fully saturated rings. The molecule has 0 amide bonds. The molecule has 0 radical (unpaired) electrons. The van der Waals surface area contributed by atoms with Gasteiger partial charge in [0.15, 0.2) is 0 Å². The normalized spacial score (nSPS) is 12.3. The first kappa shape index (κ1) is 12.2. The highest BCUT2D eigenvalue weighted by Gasteiger charge is 2.20. The van der Waals surface area contributed by atoms with Gasteiger partial charge in [-0.1, -0.05) is 0 Å². The molecule has 5 nitrogen and oxygen atoms in total. The first-order chi connectivity index (χ1) is 6.88. The largest absolute Gasteiger partial charge is 0.269 e. The van der Waals surface area contributed by atoms with Gasteiger partial charge in [0.2, 0.25) is 10.0 Å². The van der Waals surface area contributed by atoms with Crippen molar-refractivity contribution < 1.29 is 8.42 Å². The third-order valence-corrected chi connectivity index (χ3v) is 3.80. The molecular formula is C9H17N3O2S. The molecule has 0 atom stereocenters. The third kappa shape index (κ3) is 2.57. The van der Waals surface area contributed by atoms with Crippen molar-refractivity contribution >= 4 is 10.0 Å². The number of hydrogen-bond donors (Lipinski definition) is 1. The van der Waals surface area contributed by atoms with E-state index in [4.69, 9.17) is 0 Å². The Bertz CT molecular complexity index is 434. The Morgan fingerprint density at radius 1 is 1.53 bits per heavy atom. The van der Waals surface area contributed by atoms with Crippen LogP contribution in [0.4, 0.5) is 0 Å². The van der Waals surface area contributed by atoms with E-state index in [0.717, 1.165) is 0 Å². The number of rotatable bonds is 4. The molecule has 1 N–H and O–H groups in total. The molecule has 1 aromatic rings. The maximum Gasteiger partial charge on any atom is 0.244 e. The molecular weight excluding hydrogens is 214 g/mol. The topological polar surface area (TPSA) is 64.0 Å². The maximum absolute atomic E-state index is 11.8. The van der Waals surface area contributed by atoms with Gasteiger partial charge in [0, 0.05) is 12.6 Å². The van der Waals surface area contributed by atoms with Gasteiger partial charge in [0.25, 0.3) is 0 Å². The average Bonchev–Trinajstić information content (AvgIpc) is 2.44. The lowest BCUT2D eigenvalue weighted by Gasteiger charge is -2.08. The van der Waals surface area contributed by atoms with Crippen LogP contribution in [0, 0.1) is 6.92 Å². The van der Waals surface area contributed by atoms with Gasteiger partial charge < -0.3 is 0 Å². The Balaban J connectivity index is 3.11. The smallest absolute Gasteiger partial charge is 0.244 e. The molecule has 6 heteroatoms. The first-order valence-electron chi connectivity index (χ1n) is 4.93. The molecule has 0 aliphatic carbocycles. The predicted octanol–water partition coefficient (Wildman–Crippen LogP) is 0.898. The van der Waals surface area contributed by atoms with Gasteiger partial charge in [-0.15, -0.1) is 0 Å². The summed E-state index contributed by atoms with van der Waals surface area (Å²) < 4.78 is 27.9. The van der Waals surface area contributed by atoms with Gasteiger partial charge in [-0.05, 0) is 27.7 Å². The standard InChI is InChI=1S/C9H17N3O2S/c1-5-12-8(4)9(6-10-12)15(13,14)11-7(2)3/h6-7,11H,5H2,1-4H3. The number of nitrogens with zero attached hydrogens (tertiary/aromatic N) is 2. The van der Waals surface area contributed by atoms with Crippen LogP contribution in [0.2, 0.25) is 0 Å². The second-order valence-corrected chi connectivity index (χ2v) is 5.37. The summed E-state index contributed by atoms with van der Waals surface area (Å²) in [5.74, 6) is 0. The van der Waals surface area contributed by atoms with Gasteiger partial charge in [-0.3, -0.25) is 4.68 Å². The molecule has 15 heavy (non-hydrogen) atoms. The van der Waals surface area contributed by atoms with E-state index in [2.05, 4.69) is 9.82 Å². The predicted molar refractivity (Wildman–Crippen MR) is 58.1 cm³/mol. The minimum Gasteiger partial charge on any atom is -0.269 e. The van der Waals surface area contributed by atoms with E-state index in [-0.39, 0.29) is 10.9 Å². The number of aromatic nitrogens is 2. The zero-order valence-corrected chi connectivity index (χ0v) is 10.3. The van der Waals surface area contributed by atoms with Gasteiger partial charge in [0.05, 0.1) is 11.9 Å². The van der Waals surface area contributed by atoms with Crippen molar-refractivity contribution in [1.82, 2.24) is 14.5 Å². The Morgan fingerprint density at radius 2 is 2.13 bits per heavy atom. The average molecular weight is 231 g/mol. The van der Waals surface area contributed by atoms with Gasteiger partial charge in [-0.2, -0.15) is 5.10 Å². The lowest BCUT2D eigenvalue weighted by atomic mass is 10.4. The van der Waals surface area contributed by atoms with Crippen LogP contribution in [-0.4, -0.2) is 24.2 Å². The number of hydrogen-bond acceptors (Lipinski definition) is 3. The molecule has 0 spiro atoms. The van der Waals surface area contributed by atoms with Crippen molar-refractivity contribution in [2.75, 3.05) is 0 Å². The summed E-state index contributed by atoms with van der Waals surface area (Å²) in [6, 6.07) is -0.112. The van der Waals surface area contributed by atoms with Crippen molar-refractivity contribution in [1.29, 1.82) is 0 Å². The van der Waals surface area contributed by atoms with Crippen molar-refractivity contribution in [2.24, 2.45) is 0 Å². The third-order valence-electron chi connectivity index (χ3n) is 2.04. The summed E-state index contributed by atoms with van der Waals surface area (Å²) >= 11 is 0. The maximum atomic E-state index is 11.8. The Hall–Kier alpha value is -0.880. The summed E-state index contributed by atoms with van der Waals surface area (Å²) in [6.45, 7) is 7.93. The number of sulfonamides is 1. The van der Waals surface area contributed by atoms with Crippen LogP contribution in [0.25, 0.3) is 0 Å². The zero-order valence-electron chi connectivity index (χ0n) is 9.48. The molecule has 1 rings (SSSR count). The lowest BCUT2D eigenvalue weighted by molar-refractivity contribution is 0.568. The summed E-state index contributed by atoms with van der Waals surface area (Å²) in [5, 5.41) is 4.01. The summed E-state index contributed by atoms with van der Waals surface area (Å²) in [4.78, 5) is 0.262. The van der Waals surface area contributed by atoms with Crippen LogP contribution in [0.5, 0.6) is 0 Å². The SMILES string of the molecule is CCn1ncc(S(=O)(=O)NC(C)C)c1C. The minimum absolute atomic E-state index is 0.112. The van der Waals surface area contributed by atoms with Crippen LogP contribution < -0.4 is 4.72 Å². The molecule has 0 aromatic carbocycles. The van der Waals surface area contributed by atoms with Crippen molar-refractivity contribution in [2.45, 2.75) is 45.2 Å². The fourth-order valence-electron chi connectivity index (χ4n) is 1.39. The summed E-state index contributed by atoms with van der Waals surface area (Å²) in [5.41, 5.74) is 0.672. The Morgan fingerprint density at radius 3 is 2.53 bits per heavy atom. The van der Waals surface area contributed by atoms with Crippen LogP contribution in [0.15, 0.2) is 11.1 Å². The molecule has 86 valence electrons. The molecule has 0 aliphatic rings. The van der Waals surface area contributed by atoms with Crippen LogP contribution >= 0.6 is 0 Å². The van der Waals surface area contributed by atoms with E-state index in [1.54, 1.807) is 25.5 Å². The highest BCUT2D eigenvalue weighted by Crippen LogP contribution is 2.14. The van der Waals surface area contributed by atoms with E-state index in [0.29, 0.717) is 12.2 Å². The zero-order chi connectivity index (χ0) is 11.6. The second kappa shape index (κ2) is 4.32. The van der Waals surface area contributed by atoms with Crippen LogP contribution in [0.3, 0.4) is 0 Å². The number of aryl methyl sites for hydroxylation is 1. The first-order valence-corrected chi connectivity index (χ1v) is 6.41. The van der Waals surface area contributed by atoms with E-state index >= 15 is 0 Å². The minimum atomic E-state index is -3.41. The summed E-state index contributed by atoms with van der Waals surface area (Å²) in [6.07, 6.45) is 1.39. The molecule has 1 aromatic heterocycles. The Labute approximate surface area is 90.5 Å². The van der Waals surface area contributed by atoms with Crippen molar-refractivity contribution in [3.8, 4) is 0 Å². The molecule has 1 heterocycles. The van der Waals surface area contributed by atoms with E-state index in [1.807, 2.05) is 6.92 Å².